The maximum atomic E-state index is 11.2. The van der Waals surface area contributed by atoms with Crippen LogP contribution < -0.4 is 10.9 Å². The molecule has 2 aromatic heterocycles. The van der Waals surface area contributed by atoms with Gasteiger partial charge in [-0.1, -0.05) is 0 Å². The van der Waals surface area contributed by atoms with E-state index >= 15 is 0 Å². The van der Waals surface area contributed by atoms with Crippen LogP contribution >= 0.6 is 0 Å². The third kappa shape index (κ3) is 1.63. The fourth-order valence-corrected chi connectivity index (χ4v) is 1.03. The summed E-state index contributed by atoms with van der Waals surface area (Å²) in [5.41, 5.74) is 0.611. The van der Waals surface area contributed by atoms with Crippen LogP contribution in [0.2, 0.25) is 0 Å². The normalized spacial score (nSPS) is 10.1. The molecule has 0 aliphatic rings. The van der Waals surface area contributed by atoms with Crippen LogP contribution in [0.25, 0.3) is 0 Å². The Balaban J connectivity index is 2.26. The summed E-state index contributed by atoms with van der Waals surface area (Å²) < 4.78 is 1.49. The molecule has 2 heterocycles. The zero-order valence-electron chi connectivity index (χ0n) is 7.56. The van der Waals surface area contributed by atoms with Gasteiger partial charge in [-0.25, -0.2) is 5.10 Å². The molecule has 0 radical (unpaired) electrons. The van der Waals surface area contributed by atoms with Crippen LogP contribution in [0, 0.1) is 0 Å². The molecule has 6 nitrogen and oxygen atoms in total. The van der Waals surface area contributed by atoms with Crippen LogP contribution in [0.4, 0.5) is 11.6 Å². The van der Waals surface area contributed by atoms with E-state index in [0.29, 0.717) is 11.6 Å². The molecule has 2 rings (SSSR count). The minimum Gasteiger partial charge on any atom is -0.324 e. The van der Waals surface area contributed by atoms with Crippen LogP contribution in [-0.2, 0) is 7.05 Å². The number of aryl methyl sites for hydroxylation is 1. The Bertz CT molecular complexity index is 473. The van der Waals surface area contributed by atoms with Crippen molar-refractivity contribution in [1.29, 1.82) is 0 Å². The quantitative estimate of drug-likeness (QED) is 0.713. The number of aromatic nitrogens is 4. The average Bonchev–Trinajstić information content (AvgIpc) is 2.64. The fraction of sp³-hybridized carbons (Fsp3) is 0.125. The van der Waals surface area contributed by atoms with E-state index in [1.165, 1.54) is 17.0 Å². The van der Waals surface area contributed by atoms with E-state index in [-0.39, 0.29) is 5.56 Å². The molecule has 0 unspecified atom stereocenters. The monoisotopic (exact) mass is 191 g/mol. The third-order valence-electron chi connectivity index (χ3n) is 1.78. The van der Waals surface area contributed by atoms with Gasteiger partial charge in [0.2, 0.25) is 5.95 Å². The highest BCUT2D eigenvalue weighted by molar-refractivity contribution is 5.51. The molecule has 0 amide bonds. The van der Waals surface area contributed by atoms with E-state index < -0.39 is 0 Å². The molecule has 0 aliphatic heterocycles. The highest BCUT2D eigenvalue weighted by Crippen LogP contribution is 2.07. The van der Waals surface area contributed by atoms with E-state index in [4.69, 9.17) is 0 Å². The first-order chi connectivity index (χ1) is 6.75. The molecule has 14 heavy (non-hydrogen) atoms. The van der Waals surface area contributed by atoms with Crippen molar-refractivity contribution >= 4 is 11.6 Å². The summed E-state index contributed by atoms with van der Waals surface area (Å²) in [6, 6.07) is 3.27. The molecule has 2 aromatic rings. The van der Waals surface area contributed by atoms with E-state index in [9.17, 15) is 4.79 Å². The Hall–Kier alpha value is -2.11. The molecule has 0 saturated heterocycles. The number of nitrogens with one attached hydrogen (secondary N) is 2. The van der Waals surface area contributed by atoms with Gasteiger partial charge in [0.15, 0.2) is 0 Å². The Morgan fingerprint density at radius 2 is 2.43 bits per heavy atom. The number of anilines is 2. The summed E-state index contributed by atoms with van der Waals surface area (Å²) in [5.74, 6) is 0.512. The van der Waals surface area contributed by atoms with Gasteiger partial charge in [0.1, 0.15) is 6.33 Å². The predicted molar refractivity (Wildman–Crippen MR) is 51.3 cm³/mol. The van der Waals surface area contributed by atoms with Gasteiger partial charge in [-0.2, -0.15) is 10.1 Å². The Labute approximate surface area is 79.6 Å². The first-order valence-corrected chi connectivity index (χ1v) is 4.05. The first kappa shape index (κ1) is 8.49. The van der Waals surface area contributed by atoms with Crippen molar-refractivity contribution in [3.05, 3.63) is 35.0 Å². The van der Waals surface area contributed by atoms with Gasteiger partial charge < -0.3 is 9.88 Å². The molecular formula is C8H9N5O. The number of rotatable bonds is 2. The molecule has 0 fully saturated rings. The number of aromatic amines is 1. The van der Waals surface area contributed by atoms with Crippen molar-refractivity contribution in [3.8, 4) is 0 Å². The van der Waals surface area contributed by atoms with Gasteiger partial charge in [0.05, 0.1) is 0 Å². The topological polar surface area (TPSA) is 75.6 Å². The molecule has 6 heteroatoms. The standard InChI is InChI=1S/C8H9N5O/c1-13-3-2-6(4-7(13)14)11-8-9-5-10-12-8/h2-5H,1H3,(H2,9,10,11,12). The zero-order chi connectivity index (χ0) is 9.97. The van der Waals surface area contributed by atoms with Gasteiger partial charge in [-0.15, -0.1) is 0 Å². The second-order valence-corrected chi connectivity index (χ2v) is 2.82. The molecule has 0 aromatic carbocycles. The summed E-state index contributed by atoms with van der Waals surface area (Å²) in [7, 11) is 1.70. The van der Waals surface area contributed by atoms with Crippen LogP contribution in [0.5, 0.6) is 0 Å². The maximum absolute atomic E-state index is 11.2. The Morgan fingerprint density at radius 1 is 1.57 bits per heavy atom. The van der Waals surface area contributed by atoms with Crippen molar-refractivity contribution in [2.45, 2.75) is 0 Å². The number of nitrogens with zero attached hydrogens (tertiary/aromatic N) is 3. The van der Waals surface area contributed by atoms with Gasteiger partial charge in [0.25, 0.3) is 5.56 Å². The summed E-state index contributed by atoms with van der Waals surface area (Å²) in [6.07, 6.45) is 3.07. The molecule has 0 bridgehead atoms. The second kappa shape index (κ2) is 3.33. The fourth-order valence-electron chi connectivity index (χ4n) is 1.03. The number of hydrogen-bond acceptors (Lipinski definition) is 4. The molecule has 0 aliphatic carbocycles. The number of pyridine rings is 1. The largest absolute Gasteiger partial charge is 0.324 e. The van der Waals surface area contributed by atoms with E-state index in [1.54, 1.807) is 19.3 Å². The number of H-pyrrole nitrogens is 1. The lowest BCUT2D eigenvalue weighted by atomic mass is 10.4. The highest BCUT2D eigenvalue weighted by atomic mass is 16.1. The van der Waals surface area contributed by atoms with Crippen molar-refractivity contribution in [1.82, 2.24) is 19.7 Å². The smallest absolute Gasteiger partial charge is 0.252 e. The van der Waals surface area contributed by atoms with Crippen molar-refractivity contribution in [3.63, 3.8) is 0 Å². The predicted octanol–water partition coefficient (Wildman–Crippen LogP) is 0.247. The molecule has 0 saturated carbocycles. The molecule has 72 valence electrons. The summed E-state index contributed by atoms with van der Waals surface area (Å²) in [6.45, 7) is 0. The van der Waals surface area contributed by atoms with Gasteiger partial charge >= 0.3 is 0 Å². The lowest BCUT2D eigenvalue weighted by Crippen LogP contribution is -2.14. The van der Waals surface area contributed by atoms with Gasteiger partial charge in [0, 0.05) is 25.0 Å². The summed E-state index contributed by atoms with van der Waals surface area (Å²) in [4.78, 5) is 15.1. The zero-order valence-corrected chi connectivity index (χ0v) is 7.56. The van der Waals surface area contributed by atoms with Gasteiger partial charge in [-0.05, 0) is 6.07 Å². The SMILES string of the molecule is Cn1ccc(Nc2ncn[nH]2)cc1=O. The first-order valence-electron chi connectivity index (χ1n) is 4.05. The minimum absolute atomic E-state index is 0.0745. The Kier molecular flexibility index (Phi) is 2.02. The lowest BCUT2D eigenvalue weighted by Gasteiger charge is -2.02. The summed E-state index contributed by atoms with van der Waals surface area (Å²) >= 11 is 0. The summed E-state index contributed by atoms with van der Waals surface area (Å²) in [5, 5.41) is 9.22. The average molecular weight is 191 g/mol. The molecule has 0 spiro atoms. The van der Waals surface area contributed by atoms with E-state index in [0.717, 1.165) is 0 Å². The van der Waals surface area contributed by atoms with Crippen molar-refractivity contribution < 1.29 is 0 Å². The van der Waals surface area contributed by atoms with Crippen LogP contribution in [-0.4, -0.2) is 19.7 Å². The molecule has 0 atom stereocenters. The minimum atomic E-state index is -0.0745. The third-order valence-corrected chi connectivity index (χ3v) is 1.78. The van der Waals surface area contributed by atoms with Crippen molar-refractivity contribution in [2.24, 2.45) is 7.05 Å². The Morgan fingerprint density at radius 3 is 3.07 bits per heavy atom. The molecular weight excluding hydrogens is 182 g/mol. The van der Waals surface area contributed by atoms with Crippen LogP contribution in [0.15, 0.2) is 29.5 Å². The van der Waals surface area contributed by atoms with Crippen LogP contribution in [0.3, 0.4) is 0 Å². The molecule has 2 N–H and O–H groups in total. The second-order valence-electron chi connectivity index (χ2n) is 2.82. The highest BCUT2D eigenvalue weighted by Gasteiger charge is 1.97. The lowest BCUT2D eigenvalue weighted by molar-refractivity contribution is 0.861. The van der Waals surface area contributed by atoms with E-state index in [1.807, 2.05) is 0 Å². The number of hydrogen-bond donors (Lipinski definition) is 2. The van der Waals surface area contributed by atoms with Gasteiger partial charge in [-0.3, -0.25) is 4.79 Å². The van der Waals surface area contributed by atoms with E-state index in [2.05, 4.69) is 20.5 Å². The van der Waals surface area contributed by atoms with Crippen molar-refractivity contribution in [2.75, 3.05) is 5.32 Å². The van der Waals surface area contributed by atoms with Crippen LogP contribution in [0.1, 0.15) is 0 Å². The maximum Gasteiger partial charge on any atom is 0.252 e.